The lowest BCUT2D eigenvalue weighted by atomic mass is 10.2. The van der Waals surface area contributed by atoms with Gasteiger partial charge in [0.15, 0.2) is 11.5 Å². The maximum absolute atomic E-state index is 11.0. The van der Waals surface area contributed by atoms with E-state index in [4.69, 9.17) is 14.6 Å². The van der Waals surface area contributed by atoms with E-state index in [0.717, 1.165) is 0 Å². The summed E-state index contributed by atoms with van der Waals surface area (Å²) in [4.78, 5) is 21.9. The average molecular weight is 254 g/mol. The molecule has 0 heterocycles. The first-order valence-electron chi connectivity index (χ1n) is 5.20. The van der Waals surface area contributed by atoms with Crippen LogP contribution in [0.1, 0.15) is 16.8 Å². The van der Waals surface area contributed by atoms with Gasteiger partial charge < -0.3 is 19.3 Å². The van der Waals surface area contributed by atoms with Crippen molar-refractivity contribution in [1.29, 1.82) is 0 Å². The molecule has 0 spiro atoms. The Morgan fingerprint density at radius 3 is 2.56 bits per heavy atom. The molecular formula is C12H14O6. The normalized spacial score (nSPS) is 9.67. The van der Waals surface area contributed by atoms with Gasteiger partial charge in [0.1, 0.15) is 5.56 Å². The third-order valence-electron chi connectivity index (χ3n) is 2.21. The van der Waals surface area contributed by atoms with E-state index in [-0.39, 0.29) is 24.3 Å². The Morgan fingerprint density at radius 2 is 2.00 bits per heavy atom. The summed E-state index contributed by atoms with van der Waals surface area (Å²) in [7, 11) is 2.68. The van der Waals surface area contributed by atoms with Crippen molar-refractivity contribution in [3.05, 3.63) is 23.8 Å². The molecule has 0 aliphatic rings. The van der Waals surface area contributed by atoms with Crippen molar-refractivity contribution in [2.24, 2.45) is 0 Å². The summed E-state index contributed by atoms with van der Waals surface area (Å²) in [6, 6.07) is 4.54. The first kappa shape index (κ1) is 13.8. The zero-order valence-corrected chi connectivity index (χ0v) is 10.1. The van der Waals surface area contributed by atoms with Crippen LogP contribution in [0.3, 0.4) is 0 Å². The number of carbonyl (C=O) groups excluding carboxylic acids is 1. The molecule has 0 aromatic heterocycles. The average Bonchev–Trinajstić information content (AvgIpc) is 2.38. The van der Waals surface area contributed by atoms with Crippen molar-refractivity contribution >= 4 is 11.9 Å². The van der Waals surface area contributed by atoms with Crippen LogP contribution in [0.15, 0.2) is 18.2 Å². The minimum atomic E-state index is -1.12. The lowest BCUT2D eigenvalue weighted by Crippen LogP contribution is -2.10. The second kappa shape index (κ2) is 6.48. The van der Waals surface area contributed by atoms with Crippen molar-refractivity contribution < 1.29 is 28.9 Å². The van der Waals surface area contributed by atoms with Gasteiger partial charge in [-0.25, -0.2) is 4.79 Å². The van der Waals surface area contributed by atoms with Crippen molar-refractivity contribution in [3.8, 4) is 11.5 Å². The summed E-state index contributed by atoms with van der Waals surface area (Å²) < 4.78 is 14.8. The number of carboxylic acids is 1. The number of esters is 1. The van der Waals surface area contributed by atoms with Crippen LogP contribution in [-0.4, -0.2) is 37.9 Å². The van der Waals surface area contributed by atoms with E-state index in [2.05, 4.69) is 4.74 Å². The van der Waals surface area contributed by atoms with Gasteiger partial charge in [-0.15, -0.1) is 0 Å². The minimum absolute atomic E-state index is 0.0146. The number of aromatic carboxylic acids is 1. The summed E-state index contributed by atoms with van der Waals surface area (Å²) in [5, 5.41) is 9.01. The molecule has 1 rings (SSSR count). The van der Waals surface area contributed by atoms with Crippen molar-refractivity contribution in [1.82, 2.24) is 0 Å². The Labute approximate surface area is 104 Å². The van der Waals surface area contributed by atoms with Crippen LogP contribution in [0.5, 0.6) is 11.5 Å². The highest BCUT2D eigenvalue weighted by Gasteiger charge is 2.16. The van der Waals surface area contributed by atoms with Crippen molar-refractivity contribution in [2.45, 2.75) is 6.42 Å². The van der Waals surface area contributed by atoms with Gasteiger partial charge in [-0.1, -0.05) is 6.07 Å². The van der Waals surface area contributed by atoms with E-state index in [1.54, 1.807) is 12.1 Å². The predicted molar refractivity (Wildman–Crippen MR) is 62.1 cm³/mol. The first-order chi connectivity index (χ1) is 8.60. The van der Waals surface area contributed by atoms with Crippen LogP contribution in [0.4, 0.5) is 0 Å². The van der Waals surface area contributed by atoms with Gasteiger partial charge in [0, 0.05) is 0 Å². The molecule has 0 aliphatic heterocycles. The third-order valence-corrected chi connectivity index (χ3v) is 2.21. The van der Waals surface area contributed by atoms with Crippen LogP contribution in [0, 0.1) is 0 Å². The van der Waals surface area contributed by atoms with E-state index in [1.807, 2.05) is 0 Å². The standard InChI is InChI=1S/C12H14O6/c1-16-9-5-3-4-8(12(14)15)11(9)18-7-6-10(13)17-2/h3-5H,6-7H2,1-2H3,(H,14,15). The van der Waals surface area contributed by atoms with Gasteiger partial charge in [-0.3, -0.25) is 4.79 Å². The Balaban J connectivity index is 2.84. The zero-order chi connectivity index (χ0) is 13.5. The fraction of sp³-hybridized carbons (Fsp3) is 0.333. The van der Waals surface area contributed by atoms with Crippen LogP contribution in [0.2, 0.25) is 0 Å². The Bertz CT molecular complexity index is 440. The molecule has 0 saturated heterocycles. The summed E-state index contributed by atoms with van der Waals surface area (Å²) in [6.07, 6.45) is 0.0353. The number of para-hydroxylation sites is 1. The number of hydrogen-bond donors (Lipinski definition) is 1. The molecule has 6 nitrogen and oxygen atoms in total. The first-order valence-corrected chi connectivity index (χ1v) is 5.20. The van der Waals surface area contributed by atoms with Gasteiger partial charge in [-0.05, 0) is 12.1 Å². The zero-order valence-electron chi connectivity index (χ0n) is 10.1. The van der Waals surface area contributed by atoms with Gasteiger partial charge in [0.05, 0.1) is 27.2 Å². The number of carboxylic acid groups (broad SMARTS) is 1. The SMILES string of the molecule is COC(=O)CCOc1c(OC)cccc1C(=O)O. The smallest absolute Gasteiger partial charge is 0.339 e. The maximum Gasteiger partial charge on any atom is 0.339 e. The van der Waals surface area contributed by atoms with E-state index < -0.39 is 11.9 Å². The second-order valence-corrected chi connectivity index (χ2v) is 3.32. The molecule has 98 valence electrons. The lowest BCUT2D eigenvalue weighted by molar-refractivity contribution is -0.141. The summed E-state index contributed by atoms with van der Waals surface area (Å²) in [5.74, 6) is -1.14. The molecule has 0 aliphatic carbocycles. The van der Waals surface area contributed by atoms with Crippen LogP contribution >= 0.6 is 0 Å². The fourth-order valence-electron chi connectivity index (χ4n) is 1.33. The van der Waals surface area contributed by atoms with Gasteiger partial charge >= 0.3 is 11.9 Å². The summed E-state index contributed by atoms with van der Waals surface area (Å²) in [5.41, 5.74) is -0.0146. The molecule has 0 radical (unpaired) electrons. The molecule has 1 aromatic rings. The number of methoxy groups -OCH3 is 2. The van der Waals surface area contributed by atoms with E-state index >= 15 is 0 Å². The highest BCUT2D eigenvalue weighted by molar-refractivity contribution is 5.92. The molecule has 0 bridgehead atoms. The fourth-order valence-corrected chi connectivity index (χ4v) is 1.33. The van der Waals surface area contributed by atoms with Crippen LogP contribution in [-0.2, 0) is 9.53 Å². The Hall–Kier alpha value is -2.24. The van der Waals surface area contributed by atoms with E-state index in [9.17, 15) is 9.59 Å². The predicted octanol–water partition coefficient (Wildman–Crippen LogP) is 1.34. The number of hydrogen-bond acceptors (Lipinski definition) is 5. The van der Waals surface area contributed by atoms with E-state index in [1.165, 1.54) is 20.3 Å². The molecule has 0 amide bonds. The Morgan fingerprint density at radius 1 is 1.28 bits per heavy atom. The van der Waals surface area contributed by atoms with Gasteiger partial charge in [0.25, 0.3) is 0 Å². The van der Waals surface area contributed by atoms with Crippen LogP contribution in [0.25, 0.3) is 0 Å². The topological polar surface area (TPSA) is 82.1 Å². The lowest BCUT2D eigenvalue weighted by Gasteiger charge is -2.12. The molecule has 0 fully saturated rings. The van der Waals surface area contributed by atoms with Crippen LogP contribution < -0.4 is 9.47 Å². The highest BCUT2D eigenvalue weighted by atomic mass is 16.5. The van der Waals surface area contributed by atoms with E-state index in [0.29, 0.717) is 5.75 Å². The molecule has 1 aromatic carbocycles. The van der Waals surface area contributed by atoms with Gasteiger partial charge in [-0.2, -0.15) is 0 Å². The number of ether oxygens (including phenoxy) is 3. The molecule has 18 heavy (non-hydrogen) atoms. The summed E-state index contributed by atoms with van der Waals surface area (Å²) >= 11 is 0. The molecule has 0 saturated carbocycles. The molecule has 1 N–H and O–H groups in total. The van der Waals surface area contributed by atoms with Crippen molar-refractivity contribution in [3.63, 3.8) is 0 Å². The monoisotopic (exact) mass is 254 g/mol. The van der Waals surface area contributed by atoms with Gasteiger partial charge in [0.2, 0.25) is 0 Å². The van der Waals surface area contributed by atoms with Crippen molar-refractivity contribution in [2.75, 3.05) is 20.8 Å². The third kappa shape index (κ3) is 3.38. The molecule has 0 atom stereocenters. The molecular weight excluding hydrogens is 240 g/mol. The maximum atomic E-state index is 11.0. The molecule has 0 unspecified atom stereocenters. The second-order valence-electron chi connectivity index (χ2n) is 3.32. The number of carbonyl (C=O) groups is 2. The number of rotatable bonds is 6. The largest absolute Gasteiger partial charge is 0.493 e. The minimum Gasteiger partial charge on any atom is -0.493 e. The Kier molecular flexibility index (Phi) is 4.98. The highest BCUT2D eigenvalue weighted by Crippen LogP contribution is 2.31. The number of benzene rings is 1. The summed E-state index contributed by atoms with van der Waals surface area (Å²) in [6.45, 7) is 0.0212. The molecule has 6 heteroatoms. The quantitative estimate of drug-likeness (QED) is 0.771.